The van der Waals surface area contributed by atoms with Crippen LogP contribution in [0, 0.1) is 11.3 Å². The number of hydrogen-bond donors (Lipinski definition) is 0. The maximum atomic E-state index is 2.80. The van der Waals surface area contributed by atoms with Crippen LogP contribution in [0.1, 0.15) is 236 Å². The number of benzene rings is 10. The van der Waals surface area contributed by atoms with Crippen LogP contribution in [0.3, 0.4) is 0 Å². The first-order valence-corrected chi connectivity index (χ1v) is 39.3. The van der Waals surface area contributed by atoms with Gasteiger partial charge in [-0.05, 0) is 237 Å². The van der Waals surface area contributed by atoms with Crippen LogP contribution in [0.15, 0.2) is 236 Å². The van der Waals surface area contributed by atoms with Crippen molar-refractivity contribution in [1.29, 1.82) is 0 Å². The van der Waals surface area contributed by atoms with E-state index in [-0.39, 0.29) is 38.5 Å². The van der Waals surface area contributed by atoms with Crippen LogP contribution in [0.25, 0.3) is 22.3 Å². The molecule has 0 saturated carbocycles. The fraction of sp³-hybridized carbons (Fsp3) is 0.333. The van der Waals surface area contributed by atoms with Gasteiger partial charge >= 0.3 is 0 Å². The summed E-state index contributed by atoms with van der Waals surface area (Å²) in [5, 5.41) is 0. The van der Waals surface area contributed by atoms with E-state index in [0.717, 1.165) is 40.5 Å². The predicted octanol–water partition coefficient (Wildman–Crippen LogP) is 27.8. The molecule has 4 heteroatoms. The van der Waals surface area contributed by atoms with Gasteiger partial charge in [0.2, 0.25) is 0 Å². The Labute approximate surface area is 633 Å². The van der Waals surface area contributed by atoms with Crippen molar-refractivity contribution in [3.8, 4) is 22.3 Å². The van der Waals surface area contributed by atoms with Crippen molar-refractivity contribution in [2.45, 2.75) is 207 Å². The molecule has 18 rings (SSSR count). The van der Waals surface area contributed by atoms with Gasteiger partial charge in [-0.3, -0.25) is 0 Å². The van der Waals surface area contributed by atoms with Gasteiger partial charge in [-0.15, -0.1) is 0 Å². The van der Waals surface area contributed by atoms with Crippen molar-refractivity contribution in [1.82, 2.24) is 0 Å². The lowest BCUT2D eigenvalue weighted by Crippen LogP contribution is -2.44. The lowest BCUT2D eigenvalue weighted by molar-refractivity contribution is 0.394. The zero-order chi connectivity index (χ0) is 74.4. The third-order valence-corrected chi connectivity index (χ3v) is 27.0. The van der Waals surface area contributed by atoms with Gasteiger partial charge in [0, 0.05) is 78.5 Å². The van der Waals surface area contributed by atoms with Gasteiger partial charge in [0.1, 0.15) is 0 Å². The van der Waals surface area contributed by atoms with Crippen LogP contribution in [0.2, 0.25) is 0 Å². The Morgan fingerprint density at radius 1 is 0.330 bits per heavy atom. The van der Waals surface area contributed by atoms with Crippen LogP contribution in [0.5, 0.6) is 0 Å². The van der Waals surface area contributed by atoms with Gasteiger partial charge in [-0.1, -0.05) is 279 Å². The Kier molecular flexibility index (Phi) is 14.5. The summed E-state index contributed by atoms with van der Waals surface area (Å²) in [6.45, 7) is 51.0. The molecule has 0 radical (unpaired) electrons. The lowest BCUT2D eigenvalue weighted by atomic mass is 9.60. The van der Waals surface area contributed by atoms with E-state index in [1.807, 2.05) is 0 Å². The quantitative estimate of drug-likeness (QED) is 0.143. The summed E-state index contributed by atoms with van der Waals surface area (Å²) in [6, 6.07) is 75.3. The number of nitrogens with zero attached hydrogens (tertiary/aromatic N) is 4. The molecule has 534 valence electrons. The van der Waals surface area contributed by atoms with Crippen LogP contribution >= 0.6 is 0 Å². The summed E-state index contributed by atoms with van der Waals surface area (Å²) in [7, 11) is 0. The molecule has 0 spiro atoms. The number of rotatable bonds is 9. The molecule has 5 aliphatic carbocycles. The van der Waals surface area contributed by atoms with Crippen molar-refractivity contribution in [2.24, 2.45) is 11.3 Å². The molecule has 0 N–H and O–H groups in total. The molecule has 3 atom stereocenters. The summed E-state index contributed by atoms with van der Waals surface area (Å²) in [5.41, 5.74) is 37.1. The Hall–Kier alpha value is -9.64. The summed E-state index contributed by atoms with van der Waals surface area (Å²) < 4.78 is 0. The molecule has 106 heavy (non-hydrogen) atoms. The highest BCUT2D eigenvalue weighted by molar-refractivity contribution is 6.02. The molecule has 10 aromatic carbocycles. The minimum atomic E-state index is -0.515. The fourth-order valence-corrected chi connectivity index (χ4v) is 20.6. The predicted molar refractivity (Wildman–Crippen MR) is 451 cm³/mol. The Morgan fingerprint density at radius 3 is 1.11 bits per heavy atom. The highest BCUT2D eigenvalue weighted by Crippen LogP contribution is 2.69. The maximum absolute atomic E-state index is 2.80. The Bertz CT molecular complexity index is 5270. The summed E-state index contributed by atoms with van der Waals surface area (Å²) in [4.78, 5) is 10.8. The average molecular weight is 1390 g/mol. The lowest BCUT2D eigenvalue weighted by Gasteiger charge is -2.56. The topological polar surface area (TPSA) is 13.0 Å². The third-order valence-electron chi connectivity index (χ3n) is 27.0. The second-order valence-electron chi connectivity index (χ2n) is 38.7. The average Bonchev–Trinajstić information content (AvgIpc) is 0.853. The molecule has 0 aromatic heterocycles. The van der Waals surface area contributed by atoms with E-state index < -0.39 is 16.2 Å². The van der Waals surface area contributed by atoms with E-state index in [9.17, 15) is 0 Å². The van der Waals surface area contributed by atoms with Crippen molar-refractivity contribution in [3.63, 3.8) is 0 Å². The van der Waals surface area contributed by atoms with Crippen molar-refractivity contribution in [3.05, 3.63) is 314 Å². The molecule has 4 nitrogen and oxygen atoms in total. The molecule has 3 heterocycles. The number of hydrogen-bond acceptors (Lipinski definition) is 4. The maximum Gasteiger partial charge on any atom is 0.0560 e. The zero-order valence-electron chi connectivity index (χ0n) is 66.7. The van der Waals surface area contributed by atoms with Crippen LogP contribution in [0.4, 0.5) is 62.6 Å². The van der Waals surface area contributed by atoms with E-state index in [2.05, 4.69) is 396 Å². The molecule has 3 aliphatic heterocycles. The van der Waals surface area contributed by atoms with E-state index in [0.29, 0.717) is 11.8 Å². The largest absolute Gasteiger partial charge is 0.334 e. The van der Waals surface area contributed by atoms with Crippen molar-refractivity contribution >= 4 is 62.6 Å². The van der Waals surface area contributed by atoms with Crippen molar-refractivity contribution < 1.29 is 0 Å². The molecule has 0 fully saturated rings. The van der Waals surface area contributed by atoms with Gasteiger partial charge in [0.05, 0.1) is 23.1 Å². The summed E-state index contributed by atoms with van der Waals surface area (Å²) in [5.74, 6) is 0.752. The molecule has 0 amide bonds. The monoisotopic (exact) mass is 1390 g/mol. The van der Waals surface area contributed by atoms with E-state index in [4.69, 9.17) is 0 Å². The van der Waals surface area contributed by atoms with Gasteiger partial charge in [0.15, 0.2) is 0 Å². The highest BCUT2D eigenvalue weighted by Gasteiger charge is 2.54. The first-order valence-electron chi connectivity index (χ1n) is 39.3. The molecular formula is C102H106N4. The normalized spacial score (nSPS) is 20.2. The van der Waals surface area contributed by atoms with Gasteiger partial charge < -0.3 is 19.6 Å². The van der Waals surface area contributed by atoms with E-state index in [1.54, 1.807) is 0 Å². The molecule has 0 saturated heterocycles. The number of allylic oxidation sites excluding steroid dienone is 6. The van der Waals surface area contributed by atoms with Crippen LogP contribution < -0.4 is 19.6 Å². The van der Waals surface area contributed by atoms with Crippen LogP contribution in [-0.2, 0) is 43.3 Å². The van der Waals surface area contributed by atoms with Gasteiger partial charge in [-0.2, -0.15) is 0 Å². The third kappa shape index (κ3) is 9.76. The standard InChI is InChI=1S/C102H106N4/c1-94(2,3)61-34-40-64(41-35-61)103(67-46-49-76-73-28-22-25-31-79(73)97(10,11)82(76)52-67)70-55-85-91-86(56-70)101(18,19)88-58-72(105(66-44-38-63(39-45-66)96(7,8)9)69-48-51-78-75-30-24-27-33-81(75)99(14,15)84(78)54-69)60-90-93(88)106(91)92-87(100(85,16)17)57-71(59-89(92)102(90,20)21)104(65-42-36-62(37-43-65)95(4,5)6)68-47-50-77-74-29-23-26-32-80(74)98(12,13)83(77)53-68/h22-44,46-60,66,75,81H,45H2,1-21H3. The van der Waals surface area contributed by atoms with E-state index in [1.165, 1.54) is 134 Å². The van der Waals surface area contributed by atoms with Crippen LogP contribution in [-0.4, -0.2) is 6.04 Å². The summed E-state index contributed by atoms with van der Waals surface area (Å²) >= 11 is 0. The minimum Gasteiger partial charge on any atom is -0.334 e. The van der Waals surface area contributed by atoms with Crippen molar-refractivity contribution in [2.75, 3.05) is 19.6 Å². The first kappa shape index (κ1) is 68.2. The Morgan fingerprint density at radius 2 is 0.698 bits per heavy atom. The van der Waals surface area contributed by atoms with Gasteiger partial charge in [0.25, 0.3) is 0 Å². The molecule has 10 aromatic rings. The molecule has 0 bridgehead atoms. The molecule has 3 unspecified atom stereocenters. The zero-order valence-corrected chi connectivity index (χ0v) is 66.7. The first-order chi connectivity index (χ1) is 50.0. The smallest absolute Gasteiger partial charge is 0.0560 e. The summed E-state index contributed by atoms with van der Waals surface area (Å²) in [6.07, 6.45) is 17.9. The molecule has 8 aliphatic rings. The number of anilines is 11. The Balaban J connectivity index is 0.916. The van der Waals surface area contributed by atoms with Gasteiger partial charge in [-0.25, -0.2) is 0 Å². The number of fused-ring (bicyclic) bond motifs is 9. The SMILES string of the molecule is CC(C)(C)C1=CCC(N(c2cc3c4c(c2)C(C)(C)c2cc(N(c5ccc(C(C)(C)C)cc5)c5ccc6c(c5)C(C)(C)c5ccccc5-6)cc5c2N4c2c(cc(N(c4ccc(C(C)(C)C)cc4)c4ccc6c(c4)C(C)(C)c4ccccc4-6)cc2C3(C)C)C5(C)C)c2ccc3c(c2)C(C)(C)C2C=CC=CC32)C=C1. The fourth-order valence-electron chi connectivity index (χ4n) is 20.6. The minimum absolute atomic E-state index is 0.0212. The molecular weight excluding hydrogens is 1280 g/mol. The highest BCUT2D eigenvalue weighted by atomic mass is 15.2. The second kappa shape index (κ2) is 22.5. The second-order valence-corrected chi connectivity index (χ2v) is 38.7. The van der Waals surface area contributed by atoms with E-state index >= 15 is 0 Å².